The Morgan fingerprint density at radius 1 is 1.18 bits per heavy atom. The van der Waals surface area contributed by atoms with Gasteiger partial charge in [0, 0.05) is 11.8 Å². The molecule has 1 rings (SSSR count). The summed E-state index contributed by atoms with van der Waals surface area (Å²) in [7, 11) is -4.67. The van der Waals surface area contributed by atoms with Gasteiger partial charge in [-0.25, -0.2) is 0 Å². The standard InChI is InChI=1S/C15H26O6S/c1-15(2,3)13(16)9-12(22(18,19)20)14(17)21-10-11-7-5-4-6-8-11/h11-12H,4-10H2,1-3H3,(H,18,19,20). The molecule has 0 amide bonds. The van der Waals surface area contributed by atoms with E-state index in [0.717, 1.165) is 32.1 Å². The molecular weight excluding hydrogens is 308 g/mol. The molecule has 0 saturated heterocycles. The van der Waals surface area contributed by atoms with Crippen LogP contribution in [0.25, 0.3) is 0 Å². The lowest BCUT2D eigenvalue weighted by Gasteiger charge is -2.23. The topological polar surface area (TPSA) is 97.7 Å². The molecule has 0 aromatic rings. The molecule has 128 valence electrons. The Hall–Kier alpha value is -0.950. The summed E-state index contributed by atoms with van der Waals surface area (Å²) in [4.78, 5) is 23.9. The maximum absolute atomic E-state index is 12.0. The van der Waals surface area contributed by atoms with Gasteiger partial charge < -0.3 is 4.74 Å². The van der Waals surface area contributed by atoms with E-state index in [1.165, 1.54) is 0 Å². The zero-order valence-corrected chi connectivity index (χ0v) is 14.3. The van der Waals surface area contributed by atoms with Crippen LogP contribution in [-0.4, -0.2) is 36.6 Å². The molecule has 0 aliphatic heterocycles. The van der Waals surface area contributed by atoms with Gasteiger partial charge in [0.25, 0.3) is 10.1 Å². The lowest BCUT2D eigenvalue weighted by molar-refractivity contribution is -0.146. The summed E-state index contributed by atoms with van der Waals surface area (Å²) in [6, 6.07) is 0. The van der Waals surface area contributed by atoms with Crippen molar-refractivity contribution in [1.29, 1.82) is 0 Å². The molecule has 1 N–H and O–H groups in total. The summed E-state index contributed by atoms with van der Waals surface area (Å²) in [5.74, 6) is -1.21. The molecule has 1 atom stereocenters. The number of ether oxygens (including phenoxy) is 1. The zero-order valence-electron chi connectivity index (χ0n) is 13.5. The molecule has 1 unspecified atom stereocenters. The van der Waals surface area contributed by atoms with Crippen molar-refractivity contribution < 1.29 is 27.3 Å². The number of hydrogen-bond acceptors (Lipinski definition) is 5. The third-order valence-corrected chi connectivity index (χ3v) is 5.09. The Bertz CT molecular complexity index is 497. The second-order valence-electron chi connectivity index (χ2n) is 7.01. The van der Waals surface area contributed by atoms with Crippen molar-refractivity contribution in [2.24, 2.45) is 11.3 Å². The predicted octanol–water partition coefficient (Wildman–Crippen LogP) is 2.37. The van der Waals surface area contributed by atoms with Crippen molar-refractivity contribution >= 4 is 21.9 Å². The van der Waals surface area contributed by atoms with Gasteiger partial charge in [-0.15, -0.1) is 0 Å². The van der Waals surface area contributed by atoms with Crippen LogP contribution >= 0.6 is 0 Å². The molecule has 22 heavy (non-hydrogen) atoms. The maximum Gasteiger partial charge on any atom is 0.327 e. The Labute approximate surface area is 132 Å². The average Bonchev–Trinajstić information content (AvgIpc) is 2.40. The van der Waals surface area contributed by atoms with Crippen LogP contribution in [0.4, 0.5) is 0 Å². The summed E-state index contributed by atoms with van der Waals surface area (Å²) < 4.78 is 37.0. The van der Waals surface area contributed by atoms with Crippen LogP contribution in [0.5, 0.6) is 0 Å². The Morgan fingerprint density at radius 3 is 2.18 bits per heavy atom. The first-order chi connectivity index (χ1) is 10.0. The molecule has 0 spiro atoms. The van der Waals surface area contributed by atoms with Crippen LogP contribution in [0.2, 0.25) is 0 Å². The number of carbonyl (C=O) groups excluding carboxylic acids is 2. The highest BCUT2D eigenvalue weighted by molar-refractivity contribution is 7.87. The monoisotopic (exact) mass is 334 g/mol. The van der Waals surface area contributed by atoms with Gasteiger partial charge in [-0.3, -0.25) is 14.1 Å². The molecule has 7 heteroatoms. The number of carbonyl (C=O) groups is 2. The minimum absolute atomic E-state index is 0.147. The molecule has 1 saturated carbocycles. The molecule has 0 heterocycles. The lowest BCUT2D eigenvalue weighted by Crippen LogP contribution is -2.37. The third-order valence-electron chi connectivity index (χ3n) is 4.02. The van der Waals surface area contributed by atoms with Crippen LogP contribution in [0.3, 0.4) is 0 Å². The van der Waals surface area contributed by atoms with Gasteiger partial charge in [-0.2, -0.15) is 8.42 Å². The van der Waals surface area contributed by atoms with E-state index in [-0.39, 0.29) is 12.5 Å². The van der Waals surface area contributed by atoms with Crippen LogP contribution < -0.4 is 0 Å². The van der Waals surface area contributed by atoms with Crippen LogP contribution in [0.1, 0.15) is 59.3 Å². The van der Waals surface area contributed by atoms with Gasteiger partial charge in [-0.1, -0.05) is 40.0 Å². The average molecular weight is 334 g/mol. The molecular formula is C15H26O6S. The minimum atomic E-state index is -4.67. The molecule has 1 aliphatic rings. The summed E-state index contributed by atoms with van der Waals surface area (Å²) in [6.07, 6.45) is 4.65. The first kappa shape index (κ1) is 19.1. The quantitative estimate of drug-likeness (QED) is 0.591. The van der Waals surface area contributed by atoms with Crippen LogP contribution in [0.15, 0.2) is 0 Å². The third kappa shape index (κ3) is 6.04. The van der Waals surface area contributed by atoms with E-state index < -0.39 is 39.0 Å². The minimum Gasteiger partial charge on any atom is -0.464 e. The fourth-order valence-electron chi connectivity index (χ4n) is 2.43. The SMILES string of the molecule is CC(C)(C)C(=O)CC(C(=O)OCC1CCCCC1)S(=O)(=O)O. The Kier molecular flexibility index (Phi) is 6.55. The fraction of sp³-hybridized carbons (Fsp3) is 0.867. The van der Waals surface area contributed by atoms with E-state index in [0.29, 0.717) is 0 Å². The molecule has 0 bridgehead atoms. The maximum atomic E-state index is 12.0. The first-order valence-corrected chi connectivity index (χ1v) is 9.18. The van der Waals surface area contributed by atoms with Gasteiger partial charge in [0.2, 0.25) is 0 Å². The van der Waals surface area contributed by atoms with Crippen molar-refractivity contribution in [2.75, 3.05) is 6.61 Å². The largest absolute Gasteiger partial charge is 0.464 e. The summed E-state index contributed by atoms with van der Waals surface area (Å²) in [6.45, 7) is 5.03. The summed E-state index contributed by atoms with van der Waals surface area (Å²) >= 11 is 0. The molecule has 0 radical (unpaired) electrons. The number of rotatable bonds is 6. The molecule has 6 nitrogen and oxygen atoms in total. The Morgan fingerprint density at radius 2 is 1.73 bits per heavy atom. The first-order valence-electron chi connectivity index (χ1n) is 7.68. The number of esters is 1. The van der Waals surface area contributed by atoms with E-state index in [1.807, 2.05) is 0 Å². The lowest BCUT2D eigenvalue weighted by atomic mass is 9.88. The van der Waals surface area contributed by atoms with Crippen LogP contribution in [-0.2, 0) is 24.4 Å². The van der Waals surface area contributed by atoms with Crippen molar-refractivity contribution in [2.45, 2.75) is 64.5 Å². The van der Waals surface area contributed by atoms with Crippen molar-refractivity contribution in [1.82, 2.24) is 0 Å². The zero-order chi connectivity index (χ0) is 17.0. The second kappa shape index (κ2) is 7.55. The molecule has 0 aromatic carbocycles. The van der Waals surface area contributed by atoms with Crippen molar-refractivity contribution in [3.8, 4) is 0 Å². The number of ketones is 1. The van der Waals surface area contributed by atoms with E-state index in [2.05, 4.69) is 0 Å². The predicted molar refractivity (Wildman–Crippen MR) is 81.9 cm³/mol. The van der Waals surface area contributed by atoms with Gasteiger partial charge in [0.1, 0.15) is 5.78 Å². The summed E-state index contributed by atoms with van der Waals surface area (Å²) in [5, 5.41) is -1.83. The summed E-state index contributed by atoms with van der Waals surface area (Å²) in [5.41, 5.74) is -0.785. The highest BCUT2D eigenvalue weighted by Crippen LogP contribution is 2.25. The van der Waals surface area contributed by atoms with Crippen LogP contribution in [0, 0.1) is 11.3 Å². The van der Waals surface area contributed by atoms with Gasteiger partial charge in [0.15, 0.2) is 5.25 Å². The van der Waals surface area contributed by atoms with Gasteiger partial charge >= 0.3 is 5.97 Å². The normalized spacial score (nSPS) is 18.7. The van der Waals surface area contributed by atoms with Crippen molar-refractivity contribution in [3.05, 3.63) is 0 Å². The number of hydrogen-bond donors (Lipinski definition) is 1. The van der Waals surface area contributed by atoms with Gasteiger partial charge in [0.05, 0.1) is 6.61 Å². The van der Waals surface area contributed by atoms with Crippen molar-refractivity contribution in [3.63, 3.8) is 0 Å². The van der Waals surface area contributed by atoms with E-state index >= 15 is 0 Å². The Balaban J connectivity index is 2.67. The second-order valence-corrected chi connectivity index (χ2v) is 8.61. The fourth-order valence-corrected chi connectivity index (χ4v) is 3.10. The van der Waals surface area contributed by atoms with E-state index in [4.69, 9.17) is 4.74 Å². The van der Waals surface area contributed by atoms with E-state index in [1.54, 1.807) is 20.8 Å². The van der Waals surface area contributed by atoms with E-state index in [9.17, 15) is 22.6 Å². The highest BCUT2D eigenvalue weighted by atomic mass is 32.2. The molecule has 1 fully saturated rings. The molecule has 1 aliphatic carbocycles. The van der Waals surface area contributed by atoms with Gasteiger partial charge in [-0.05, 0) is 18.8 Å². The highest BCUT2D eigenvalue weighted by Gasteiger charge is 2.38. The number of Topliss-reactive ketones (excluding diaryl/α,β-unsaturated/α-hetero) is 1. The molecule has 0 aromatic heterocycles. The smallest absolute Gasteiger partial charge is 0.327 e.